The zero-order chi connectivity index (χ0) is 21.0. The number of hydrogen-bond donors (Lipinski definition) is 4. The molecule has 3 rings (SSSR count). The van der Waals surface area contributed by atoms with Crippen molar-refractivity contribution in [3.63, 3.8) is 0 Å². The standard InChI is InChI=1S/C19H25ClO8/c1-7-4-11(27-18(25)15(23)9(3)21)13-8(2)17(24)28-16(13)14-10(7)5-12(22)19(14,26)6-20/h9-16,21-23,26H,1-2,4-6H2,3H3. The summed E-state index contributed by atoms with van der Waals surface area (Å²) in [6.45, 7) is 9.01. The van der Waals surface area contributed by atoms with Gasteiger partial charge in [0.25, 0.3) is 0 Å². The number of carbonyl (C=O) groups is 2. The summed E-state index contributed by atoms with van der Waals surface area (Å²) < 4.78 is 10.9. The summed E-state index contributed by atoms with van der Waals surface area (Å²) in [6, 6.07) is 0. The van der Waals surface area contributed by atoms with Crippen molar-refractivity contribution >= 4 is 23.5 Å². The number of esters is 2. The smallest absolute Gasteiger partial charge is 0.337 e. The Balaban J connectivity index is 1.99. The summed E-state index contributed by atoms with van der Waals surface area (Å²) in [7, 11) is 0. The van der Waals surface area contributed by atoms with Crippen LogP contribution in [0.4, 0.5) is 0 Å². The number of hydrogen-bond acceptors (Lipinski definition) is 8. The fourth-order valence-corrected chi connectivity index (χ4v) is 5.04. The average molecular weight is 417 g/mol. The Morgan fingerprint density at radius 3 is 2.64 bits per heavy atom. The van der Waals surface area contributed by atoms with Crippen LogP contribution in [-0.4, -0.2) is 74.4 Å². The fourth-order valence-electron chi connectivity index (χ4n) is 4.68. The van der Waals surface area contributed by atoms with E-state index < -0.39 is 65.8 Å². The summed E-state index contributed by atoms with van der Waals surface area (Å²) in [5.74, 6) is -3.96. The van der Waals surface area contributed by atoms with Crippen molar-refractivity contribution in [1.82, 2.24) is 0 Å². The first-order chi connectivity index (χ1) is 13.0. The summed E-state index contributed by atoms with van der Waals surface area (Å²) in [5, 5.41) is 40.6. The van der Waals surface area contributed by atoms with Crippen molar-refractivity contribution in [2.45, 2.75) is 55.9 Å². The second kappa shape index (κ2) is 7.42. The molecule has 0 spiro atoms. The molecule has 9 unspecified atom stereocenters. The van der Waals surface area contributed by atoms with E-state index in [0.29, 0.717) is 5.57 Å². The maximum absolute atomic E-state index is 12.2. The predicted molar refractivity (Wildman–Crippen MR) is 97.1 cm³/mol. The predicted octanol–water partition coefficient (Wildman–Crippen LogP) is -0.336. The first-order valence-electron chi connectivity index (χ1n) is 9.13. The quantitative estimate of drug-likeness (QED) is 0.212. The largest absolute Gasteiger partial charge is 0.459 e. The molecule has 1 heterocycles. The summed E-state index contributed by atoms with van der Waals surface area (Å²) in [5.41, 5.74) is -1.03. The molecule has 1 aliphatic heterocycles. The van der Waals surface area contributed by atoms with Crippen molar-refractivity contribution < 1.29 is 39.5 Å². The number of fused-ring (bicyclic) bond motifs is 3. The minimum atomic E-state index is -1.75. The molecule has 0 radical (unpaired) electrons. The zero-order valence-electron chi connectivity index (χ0n) is 15.5. The van der Waals surface area contributed by atoms with Crippen molar-refractivity contribution in [1.29, 1.82) is 0 Å². The third-order valence-electron chi connectivity index (χ3n) is 6.25. The Kier molecular flexibility index (Phi) is 5.64. The highest BCUT2D eigenvalue weighted by Gasteiger charge is 2.64. The fraction of sp³-hybridized carbons (Fsp3) is 0.684. The van der Waals surface area contributed by atoms with E-state index >= 15 is 0 Å². The van der Waals surface area contributed by atoms with E-state index in [9.17, 15) is 30.0 Å². The van der Waals surface area contributed by atoms with Crippen molar-refractivity contribution in [2.75, 3.05) is 5.88 Å². The van der Waals surface area contributed by atoms with Crippen LogP contribution in [-0.2, 0) is 19.1 Å². The number of carbonyl (C=O) groups excluding carboxylic acids is 2. The number of aliphatic hydroxyl groups excluding tert-OH is 3. The van der Waals surface area contributed by atoms with Gasteiger partial charge in [-0.25, -0.2) is 9.59 Å². The maximum atomic E-state index is 12.2. The Bertz CT molecular complexity index is 706. The first-order valence-corrected chi connectivity index (χ1v) is 9.66. The molecule has 0 aromatic rings. The molecule has 1 saturated heterocycles. The van der Waals surface area contributed by atoms with Crippen molar-refractivity contribution in [2.24, 2.45) is 17.8 Å². The highest BCUT2D eigenvalue weighted by atomic mass is 35.5. The van der Waals surface area contributed by atoms with Crippen LogP contribution in [0.2, 0.25) is 0 Å². The van der Waals surface area contributed by atoms with Crippen LogP contribution in [0.1, 0.15) is 19.8 Å². The normalized spacial score (nSPS) is 42.3. The Labute approximate surface area is 167 Å². The van der Waals surface area contributed by atoms with Gasteiger partial charge in [0.15, 0.2) is 6.10 Å². The lowest BCUT2D eigenvalue weighted by molar-refractivity contribution is -0.169. The number of rotatable bonds is 4. The molecule has 8 nitrogen and oxygen atoms in total. The lowest BCUT2D eigenvalue weighted by Crippen LogP contribution is -2.52. The van der Waals surface area contributed by atoms with Crippen LogP contribution in [0.15, 0.2) is 24.3 Å². The van der Waals surface area contributed by atoms with Gasteiger partial charge in [-0.15, -0.1) is 11.6 Å². The second-order valence-electron chi connectivity index (χ2n) is 7.95. The monoisotopic (exact) mass is 416 g/mol. The van der Waals surface area contributed by atoms with Gasteiger partial charge in [-0.05, 0) is 19.3 Å². The summed E-state index contributed by atoms with van der Waals surface area (Å²) >= 11 is 5.98. The van der Waals surface area contributed by atoms with Crippen LogP contribution in [0.3, 0.4) is 0 Å². The molecule has 2 saturated carbocycles. The van der Waals surface area contributed by atoms with E-state index in [4.69, 9.17) is 21.1 Å². The lowest BCUT2D eigenvalue weighted by atomic mass is 9.76. The van der Waals surface area contributed by atoms with Gasteiger partial charge < -0.3 is 29.9 Å². The van der Waals surface area contributed by atoms with Gasteiger partial charge in [0.2, 0.25) is 0 Å². The minimum absolute atomic E-state index is 0.0705. The summed E-state index contributed by atoms with van der Waals surface area (Å²) in [6.07, 6.45) is -5.76. The highest BCUT2D eigenvalue weighted by Crippen LogP contribution is 2.55. The van der Waals surface area contributed by atoms with Crippen LogP contribution in [0.25, 0.3) is 0 Å². The van der Waals surface area contributed by atoms with Crippen molar-refractivity contribution in [3.05, 3.63) is 24.3 Å². The van der Waals surface area contributed by atoms with Gasteiger partial charge in [0.1, 0.15) is 17.8 Å². The van der Waals surface area contributed by atoms with Crippen LogP contribution < -0.4 is 0 Å². The van der Waals surface area contributed by atoms with Crippen LogP contribution in [0.5, 0.6) is 0 Å². The van der Waals surface area contributed by atoms with E-state index in [1.807, 2.05) is 0 Å². The molecule has 0 aromatic carbocycles. The molecule has 3 aliphatic rings. The molecule has 0 amide bonds. The third-order valence-corrected chi connectivity index (χ3v) is 6.68. The molecular weight excluding hydrogens is 392 g/mol. The Morgan fingerprint density at radius 2 is 2.07 bits per heavy atom. The number of alkyl halides is 1. The number of ether oxygens (including phenoxy) is 2. The van der Waals surface area contributed by atoms with Gasteiger partial charge >= 0.3 is 11.9 Å². The number of aliphatic hydroxyl groups is 4. The van der Waals surface area contributed by atoms with Gasteiger partial charge in [-0.2, -0.15) is 0 Å². The van der Waals surface area contributed by atoms with Gasteiger partial charge in [0.05, 0.1) is 24.0 Å². The molecule has 28 heavy (non-hydrogen) atoms. The molecule has 9 heteroatoms. The molecule has 3 fully saturated rings. The molecule has 0 aromatic heterocycles. The van der Waals surface area contributed by atoms with Crippen LogP contribution in [0, 0.1) is 17.8 Å². The van der Waals surface area contributed by atoms with E-state index in [-0.39, 0.29) is 24.3 Å². The first kappa shape index (κ1) is 21.3. The van der Waals surface area contributed by atoms with Crippen LogP contribution >= 0.6 is 11.6 Å². The van der Waals surface area contributed by atoms with E-state index in [1.54, 1.807) is 0 Å². The van der Waals surface area contributed by atoms with E-state index in [1.165, 1.54) is 6.92 Å². The Morgan fingerprint density at radius 1 is 1.43 bits per heavy atom. The number of halogens is 1. The van der Waals surface area contributed by atoms with Gasteiger partial charge in [-0.3, -0.25) is 0 Å². The molecule has 9 atom stereocenters. The highest BCUT2D eigenvalue weighted by molar-refractivity contribution is 6.18. The molecule has 4 N–H and O–H groups in total. The Hall–Kier alpha value is -1.45. The minimum Gasteiger partial charge on any atom is -0.459 e. The molecule has 2 aliphatic carbocycles. The second-order valence-corrected chi connectivity index (χ2v) is 8.22. The van der Waals surface area contributed by atoms with E-state index in [0.717, 1.165) is 0 Å². The lowest BCUT2D eigenvalue weighted by Gasteiger charge is -2.37. The molecular formula is C19H25ClO8. The molecule has 0 bridgehead atoms. The SMILES string of the molecule is C=C1CC(OC(=O)C(O)C(C)O)C2C(=C)C(=O)OC2C2C1CC(O)C2(O)CCl. The van der Waals surface area contributed by atoms with Gasteiger partial charge in [0, 0.05) is 17.9 Å². The summed E-state index contributed by atoms with van der Waals surface area (Å²) in [4.78, 5) is 24.4. The van der Waals surface area contributed by atoms with E-state index in [2.05, 4.69) is 13.2 Å². The maximum Gasteiger partial charge on any atom is 0.337 e. The molecule has 156 valence electrons. The zero-order valence-corrected chi connectivity index (χ0v) is 16.2. The topological polar surface area (TPSA) is 134 Å². The average Bonchev–Trinajstić information content (AvgIpc) is 3.03. The third kappa shape index (κ3) is 3.17. The van der Waals surface area contributed by atoms with Crippen molar-refractivity contribution in [3.8, 4) is 0 Å². The van der Waals surface area contributed by atoms with Gasteiger partial charge in [-0.1, -0.05) is 18.7 Å².